The van der Waals surface area contributed by atoms with Crippen molar-refractivity contribution in [3.63, 3.8) is 0 Å². The molecule has 7 nitrogen and oxygen atoms in total. The third kappa shape index (κ3) is 3.22. The fourth-order valence-electron chi connectivity index (χ4n) is 4.54. The van der Waals surface area contributed by atoms with Gasteiger partial charge in [0.1, 0.15) is 12.2 Å². The number of methoxy groups -OCH3 is 1. The Hall–Kier alpha value is -1.61. The van der Waals surface area contributed by atoms with E-state index in [9.17, 15) is 13.0 Å². The molecule has 6 bridgehead atoms. The van der Waals surface area contributed by atoms with Gasteiger partial charge in [0, 0.05) is 12.0 Å². The van der Waals surface area contributed by atoms with Crippen LogP contribution in [0.15, 0.2) is 30.4 Å². The van der Waals surface area contributed by atoms with E-state index >= 15 is 0 Å². The molecule has 0 unspecified atom stereocenters. The maximum Gasteiger partial charge on any atom is 0.398 e. The lowest BCUT2D eigenvalue weighted by atomic mass is 9.71. The van der Waals surface area contributed by atoms with Crippen LogP contribution in [0.5, 0.6) is 11.5 Å². The quantitative estimate of drug-likeness (QED) is 0.630. The fraction of sp³-hybridized carbons (Fsp3) is 0.556. The molecule has 1 aromatic carbocycles. The van der Waals surface area contributed by atoms with E-state index in [0.29, 0.717) is 17.5 Å². The molecule has 142 valence electrons. The minimum atomic E-state index is -4.59. The first-order valence-electron chi connectivity index (χ1n) is 8.73. The highest BCUT2D eigenvalue weighted by Gasteiger charge is 2.47. The summed E-state index contributed by atoms with van der Waals surface area (Å²) in [5.41, 5.74) is 1.14. The zero-order valence-electron chi connectivity index (χ0n) is 14.7. The lowest BCUT2D eigenvalue weighted by molar-refractivity contribution is -0.0295. The molecule has 1 saturated heterocycles. The second-order valence-corrected chi connectivity index (χ2v) is 8.27. The number of likely N-dealkylation sites (N-methyl/N-ethyl adjacent to an activating group) is 1. The van der Waals surface area contributed by atoms with Crippen LogP contribution in [0, 0.1) is 11.8 Å². The zero-order chi connectivity index (χ0) is 18.5. The van der Waals surface area contributed by atoms with Gasteiger partial charge in [-0.2, -0.15) is 8.42 Å². The van der Waals surface area contributed by atoms with Gasteiger partial charge in [-0.25, -0.2) is 4.18 Å². The van der Waals surface area contributed by atoms with Crippen LogP contribution in [-0.2, 0) is 21.0 Å². The maximum absolute atomic E-state index is 11.3. The molecule has 5 atom stereocenters. The number of ether oxygens (including phenoxy) is 2. The van der Waals surface area contributed by atoms with Crippen LogP contribution in [0.2, 0.25) is 0 Å². The number of rotatable bonds is 3. The van der Waals surface area contributed by atoms with Crippen LogP contribution in [0.25, 0.3) is 0 Å². The number of nitrogens with zero attached hydrogens (tertiary/aromatic N) is 1. The first-order chi connectivity index (χ1) is 12.4. The van der Waals surface area contributed by atoms with E-state index in [-0.39, 0.29) is 11.8 Å². The molecule has 1 aromatic rings. The van der Waals surface area contributed by atoms with Crippen LogP contribution < -0.4 is 9.47 Å². The number of hydrogen-bond donors (Lipinski definition) is 1. The second-order valence-electron chi connectivity index (χ2n) is 7.22. The molecule has 1 aliphatic carbocycles. The van der Waals surface area contributed by atoms with Crippen molar-refractivity contribution in [2.24, 2.45) is 11.8 Å². The van der Waals surface area contributed by atoms with Gasteiger partial charge >= 0.3 is 10.4 Å². The minimum Gasteiger partial charge on any atom is -0.493 e. The number of benzene rings is 1. The molecular weight excluding hydrogens is 358 g/mol. The third-order valence-electron chi connectivity index (χ3n) is 5.76. The molecule has 1 fully saturated rings. The SMILES string of the molecule is COc1ccc2cc1O[C@@H]1[C@H]3CCN(C)[C@H](C2)[C@@H]3C=C[C@@H]1OS(=O)(=O)O. The van der Waals surface area contributed by atoms with Crippen LogP contribution in [0.4, 0.5) is 0 Å². The van der Waals surface area contributed by atoms with Gasteiger partial charge in [0.15, 0.2) is 11.5 Å². The van der Waals surface area contributed by atoms with Crippen LogP contribution in [0.1, 0.15) is 12.0 Å². The Morgan fingerprint density at radius 2 is 2.12 bits per heavy atom. The molecular formula is C18H23NO6S. The Kier molecular flexibility index (Phi) is 4.46. The van der Waals surface area contributed by atoms with Gasteiger partial charge < -0.3 is 14.4 Å². The highest BCUT2D eigenvalue weighted by molar-refractivity contribution is 7.80. The normalized spacial score (nSPS) is 33.6. The number of piperidine rings is 1. The van der Waals surface area contributed by atoms with Gasteiger partial charge in [0.05, 0.1) is 7.11 Å². The summed E-state index contributed by atoms with van der Waals surface area (Å²) in [4.78, 5) is 2.35. The fourth-order valence-corrected chi connectivity index (χ4v) is 4.99. The Morgan fingerprint density at radius 3 is 2.85 bits per heavy atom. The Balaban J connectivity index is 1.81. The molecule has 0 aromatic heterocycles. The first kappa shape index (κ1) is 17.8. The molecule has 0 spiro atoms. The lowest BCUT2D eigenvalue weighted by Crippen LogP contribution is -2.55. The molecule has 2 heterocycles. The van der Waals surface area contributed by atoms with Crippen LogP contribution in [-0.4, -0.2) is 56.8 Å². The predicted molar refractivity (Wildman–Crippen MR) is 94.7 cm³/mol. The van der Waals surface area contributed by atoms with Gasteiger partial charge in [0.2, 0.25) is 0 Å². The predicted octanol–water partition coefficient (Wildman–Crippen LogP) is 1.69. The molecule has 0 amide bonds. The van der Waals surface area contributed by atoms with Crippen molar-refractivity contribution in [1.29, 1.82) is 0 Å². The topological polar surface area (TPSA) is 85.3 Å². The molecule has 26 heavy (non-hydrogen) atoms. The number of hydrogen-bond acceptors (Lipinski definition) is 6. The molecule has 8 heteroatoms. The van der Waals surface area contributed by atoms with Crippen LogP contribution >= 0.6 is 0 Å². The monoisotopic (exact) mass is 381 g/mol. The van der Waals surface area contributed by atoms with E-state index in [2.05, 4.69) is 11.9 Å². The summed E-state index contributed by atoms with van der Waals surface area (Å²) in [5, 5.41) is 0. The standard InChI is InChI=1S/C18H23NO6S/c1-19-8-7-13-12-4-6-16(25-26(20,21)22)18(13)24-17-10-11(9-14(12)19)3-5-15(17)23-2/h3-6,10,12-14,16,18H,7-9H2,1-2H3,(H,20,21,22)/t12-,13+,14-,16+,18-/m1/s1. The summed E-state index contributed by atoms with van der Waals surface area (Å²) in [7, 11) is -0.895. The largest absolute Gasteiger partial charge is 0.493 e. The van der Waals surface area contributed by atoms with E-state index in [4.69, 9.17) is 13.7 Å². The number of fused-ring (bicyclic) bond motifs is 2. The molecule has 2 aliphatic heterocycles. The summed E-state index contributed by atoms with van der Waals surface area (Å²) in [6.07, 6.45) is 4.06. The highest BCUT2D eigenvalue weighted by Crippen LogP contribution is 2.43. The van der Waals surface area contributed by atoms with E-state index in [1.807, 2.05) is 24.3 Å². The first-order valence-corrected chi connectivity index (χ1v) is 10.1. The maximum atomic E-state index is 11.3. The smallest absolute Gasteiger partial charge is 0.398 e. The van der Waals surface area contributed by atoms with Gasteiger partial charge in [-0.1, -0.05) is 18.2 Å². The Bertz CT molecular complexity index is 823. The van der Waals surface area contributed by atoms with Crippen LogP contribution in [0.3, 0.4) is 0 Å². The summed E-state index contributed by atoms with van der Waals surface area (Å²) < 4.78 is 48.4. The van der Waals surface area contributed by atoms with Crippen molar-refractivity contribution in [3.05, 3.63) is 35.9 Å². The summed E-state index contributed by atoms with van der Waals surface area (Å²) in [6.45, 7) is 0.894. The Labute approximate surface area is 153 Å². The third-order valence-corrected chi connectivity index (χ3v) is 6.22. The van der Waals surface area contributed by atoms with Gasteiger partial charge in [-0.3, -0.25) is 4.55 Å². The van der Waals surface area contributed by atoms with Gasteiger partial charge in [0.25, 0.3) is 0 Å². The summed E-state index contributed by atoms with van der Waals surface area (Å²) in [6, 6.07) is 6.15. The zero-order valence-corrected chi connectivity index (χ0v) is 15.6. The second kappa shape index (κ2) is 6.53. The van der Waals surface area contributed by atoms with Crippen molar-refractivity contribution in [3.8, 4) is 11.5 Å². The molecule has 0 saturated carbocycles. The minimum absolute atomic E-state index is 0.0897. The van der Waals surface area contributed by atoms with E-state index in [1.54, 1.807) is 13.2 Å². The molecule has 3 aliphatic rings. The van der Waals surface area contributed by atoms with Crippen molar-refractivity contribution in [1.82, 2.24) is 4.90 Å². The lowest BCUT2D eigenvalue weighted by Gasteiger charge is -2.48. The van der Waals surface area contributed by atoms with Crippen molar-refractivity contribution in [2.75, 3.05) is 20.7 Å². The average Bonchev–Trinajstić information content (AvgIpc) is 2.59. The number of likely N-dealkylation sites (tertiary alicyclic amines) is 1. The van der Waals surface area contributed by atoms with Crippen molar-refractivity contribution >= 4 is 10.4 Å². The van der Waals surface area contributed by atoms with Gasteiger partial charge in [-0.05, 0) is 50.0 Å². The molecule has 0 radical (unpaired) electrons. The highest BCUT2D eigenvalue weighted by atomic mass is 32.3. The van der Waals surface area contributed by atoms with E-state index in [0.717, 1.165) is 24.9 Å². The van der Waals surface area contributed by atoms with Crippen molar-refractivity contribution in [2.45, 2.75) is 31.1 Å². The van der Waals surface area contributed by atoms with E-state index < -0.39 is 22.6 Å². The average molecular weight is 381 g/mol. The van der Waals surface area contributed by atoms with Crippen molar-refractivity contribution < 1.29 is 26.6 Å². The van der Waals surface area contributed by atoms with E-state index in [1.165, 1.54) is 0 Å². The van der Waals surface area contributed by atoms with Gasteiger partial charge in [-0.15, -0.1) is 0 Å². The Morgan fingerprint density at radius 1 is 1.31 bits per heavy atom. The summed E-state index contributed by atoms with van der Waals surface area (Å²) >= 11 is 0. The molecule has 4 rings (SSSR count). The molecule has 1 N–H and O–H groups in total. The summed E-state index contributed by atoms with van der Waals surface area (Å²) in [5.74, 6) is 1.48.